The summed E-state index contributed by atoms with van der Waals surface area (Å²) in [6.45, 7) is -0.348. The van der Waals surface area contributed by atoms with E-state index in [4.69, 9.17) is 4.74 Å². The number of amides is 1. The Morgan fingerprint density at radius 2 is 1.79 bits per heavy atom. The maximum absolute atomic E-state index is 12.3. The molecule has 2 aromatic rings. The first-order valence-corrected chi connectivity index (χ1v) is 9.62. The Hall–Kier alpha value is -2.06. The maximum Gasteiger partial charge on any atom is 0.245 e. The number of nitrogens with one attached hydrogen (secondary N) is 1. The van der Waals surface area contributed by atoms with Crippen LogP contribution >= 0.6 is 15.9 Å². The fraction of sp³-hybridized carbons (Fsp3) is 0.188. The van der Waals surface area contributed by atoms with Gasteiger partial charge in [0.2, 0.25) is 15.9 Å². The van der Waals surface area contributed by atoms with Gasteiger partial charge >= 0.3 is 0 Å². The zero-order valence-corrected chi connectivity index (χ0v) is 15.6. The monoisotopic (exact) mass is 412 g/mol. The zero-order valence-electron chi connectivity index (χ0n) is 13.2. The van der Waals surface area contributed by atoms with Gasteiger partial charge in [-0.3, -0.25) is 9.10 Å². The molecule has 24 heavy (non-hydrogen) atoms. The summed E-state index contributed by atoms with van der Waals surface area (Å²) >= 11 is 3.31. The van der Waals surface area contributed by atoms with Crippen molar-refractivity contribution in [2.45, 2.75) is 0 Å². The Morgan fingerprint density at radius 3 is 2.42 bits per heavy atom. The normalized spacial score (nSPS) is 11.0. The summed E-state index contributed by atoms with van der Waals surface area (Å²) in [4.78, 5) is 12.3. The summed E-state index contributed by atoms with van der Waals surface area (Å²) in [7, 11) is -2.14. The first-order chi connectivity index (χ1) is 11.3. The number of carbonyl (C=O) groups excluding carboxylic acids is 1. The molecule has 0 saturated carbocycles. The molecule has 0 aliphatic heterocycles. The van der Waals surface area contributed by atoms with E-state index < -0.39 is 15.9 Å². The number of methoxy groups -OCH3 is 1. The molecule has 0 aliphatic rings. The Morgan fingerprint density at radius 1 is 1.17 bits per heavy atom. The Balaban J connectivity index is 2.25. The predicted molar refractivity (Wildman–Crippen MR) is 98.0 cm³/mol. The molecule has 0 fully saturated rings. The van der Waals surface area contributed by atoms with Crippen molar-refractivity contribution in [2.75, 3.05) is 29.5 Å². The Kier molecular flexibility index (Phi) is 5.84. The highest BCUT2D eigenvalue weighted by Gasteiger charge is 2.23. The van der Waals surface area contributed by atoms with Gasteiger partial charge in [-0.2, -0.15) is 0 Å². The average Bonchev–Trinajstić information content (AvgIpc) is 2.53. The van der Waals surface area contributed by atoms with Crippen LogP contribution in [0.25, 0.3) is 0 Å². The van der Waals surface area contributed by atoms with Crippen LogP contribution in [0.5, 0.6) is 5.75 Å². The zero-order chi connectivity index (χ0) is 17.7. The van der Waals surface area contributed by atoms with E-state index in [1.807, 2.05) is 0 Å². The first kappa shape index (κ1) is 18.3. The number of nitrogens with zero attached hydrogens (tertiary/aromatic N) is 1. The number of rotatable bonds is 6. The number of carbonyl (C=O) groups is 1. The molecule has 2 aromatic carbocycles. The molecule has 1 N–H and O–H groups in total. The smallest absolute Gasteiger partial charge is 0.245 e. The highest BCUT2D eigenvalue weighted by molar-refractivity contribution is 9.10. The van der Waals surface area contributed by atoms with Crippen molar-refractivity contribution >= 4 is 43.2 Å². The molecule has 6 nitrogen and oxygen atoms in total. The first-order valence-electron chi connectivity index (χ1n) is 6.98. The van der Waals surface area contributed by atoms with E-state index in [2.05, 4.69) is 21.2 Å². The van der Waals surface area contributed by atoms with Gasteiger partial charge in [-0.05, 0) is 40.2 Å². The number of sulfonamides is 1. The van der Waals surface area contributed by atoms with Crippen molar-refractivity contribution in [1.82, 2.24) is 0 Å². The number of ether oxygens (including phenoxy) is 1. The number of hydrogen-bond acceptors (Lipinski definition) is 4. The highest BCUT2D eigenvalue weighted by atomic mass is 79.9. The third-order valence-corrected chi connectivity index (χ3v) is 4.99. The molecular formula is C16H17BrN2O4S. The molecule has 1 amide bonds. The van der Waals surface area contributed by atoms with Crippen LogP contribution in [0.4, 0.5) is 11.4 Å². The largest absolute Gasteiger partial charge is 0.495 e. The molecule has 0 spiro atoms. The van der Waals surface area contributed by atoms with Crippen molar-refractivity contribution in [3.63, 3.8) is 0 Å². The molecular weight excluding hydrogens is 396 g/mol. The van der Waals surface area contributed by atoms with E-state index in [9.17, 15) is 13.2 Å². The molecule has 0 radical (unpaired) electrons. The standard InChI is InChI=1S/C16H17BrN2O4S/c1-23-15-10-6-4-8-13(15)18-16(20)11-19(24(2,21)22)14-9-5-3-7-12(14)17/h3-10H,11H2,1-2H3,(H,18,20). The summed E-state index contributed by atoms with van der Waals surface area (Å²) in [5.41, 5.74) is 0.876. The van der Waals surface area contributed by atoms with Gasteiger partial charge in [0.15, 0.2) is 0 Å². The molecule has 2 rings (SSSR count). The predicted octanol–water partition coefficient (Wildman–Crippen LogP) is 2.86. The lowest BCUT2D eigenvalue weighted by molar-refractivity contribution is -0.114. The van der Waals surface area contributed by atoms with Crippen molar-refractivity contribution < 1.29 is 17.9 Å². The minimum Gasteiger partial charge on any atom is -0.495 e. The second kappa shape index (κ2) is 7.67. The summed E-state index contributed by atoms with van der Waals surface area (Å²) < 4.78 is 31.0. The minimum atomic E-state index is -3.63. The molecule has 0 aliphatic carbocycles. The van der Waals surface area contributed by atoms with Gasteiger partial charge < -0.3 is 10.1 Å². The maximum atomic E-state index is 12.3. The third-order valence-electron chi connectivity index (χ3n) is 3.19. The van der Waals surface area contributed by atoms with Crippen molar-refractivity contribution in [3.05, 3.63) is 53.0 Å². The summed E-state index contributed by atoms with van der Waals surface area (Å²) in [5.74, 6) is 0.0262. The summed E-state index contributed by atoms with van der Waals surface area (Å²) in [6.07, 6.45) is 1.06. The molecule has 128 valence electrons. The number of anilines is 2. The van der Waals surface area contributed by atoms with E-state index >= 15 is 0 Å². The molecule has 0 bridgehead atoms. The SMILES string of the molecule is COc1ccccc1NC(=O)CN(c1ccccc1Br)S(C)(=O)=O. The van der Waals surface area contributed by atoms with E-state index in [-0.39, 0.29) is 6.54 Å². The third kappa shape index (κ3) is 4.48. The van der Waals surface area contributed by atoms with E-state index in [1.165, 1.54) is 7.11 Å². The Bertz CT molecular complexity index is 839. The van der Waals surface area contributed by atoms with Crippen LogP contribution in [0.2, 0.25) is 0 Å². The van der Waals surface area contributed by atoms with Crippen LogP contribution < -0.4 is 14.4 Å². The fourth-order valence-corrected chi connectivity index (χ4v) is 3.59. The number of benzene rings is 2. The highest BCUT2D eigenvalue weighted by Crippen LogP contribution is 2.28. The van der Waals surface area contributed by atoms with Crippen LogP contribution in [0, 0.1) is 0 Å². The Labute approximate surface area is 149 Å². The quantitative estimate of drug-likeness (QED) is 0.791. The van der Waals surface area contributed by atoms with Gasteiger partial charge in [-0.1, -0.05) is 24.3 Å². The van der Waals surface area contributed by atoms with Crippen molar-refractivity contribution in [3.8, 4) is 5.75 Å². The minimum absolute atomic E-state index is 0.348. The van der Waals surface area contributed by atoms with E-state index in [0.29, 0.717) is 21.6 Å². The molecule has 0 unspecified atom stereocenters. The molecule has 0 saturated heterocycles. The van der Waals surface area contributed by atoms with E-state index in [1.54, 1.807) is 48.5 Å². The number of hydrogen-bond donors (Lipinski definition) is 1. The topological polar surface area (TPSA) is 75.7 Å². The lowest BCUT2D eigenvalue weighted by Gasteiger charge is -2.23. The summed E-state index contributed by atoms with van der Waals surface area (Å²) in [5, 5.41) is 2.67. The molecule has 8 heteroatoms. The van der Waals surface area contributed by atoms with Gasteiger partial charge in [0.05, 0.1) is 24.7 Å². The second-order valence-corrected chi connectivity index (χ2v) is 7.73. The fourth-order valence-electron chi connectivity index (χ4n) is 2.10. The van der Waals surface area contributed by atoms with Crippen molar-refractivity contribution in [2.24, 2.45) is 0 Å². The van der Waals surface area contributed by atoms with Gasteiger partial charge in [0, 0.05) is 4.47 Å². The number of para-hydroxylation sites is 3. The van der Waals surface area contributed by atoms with Crippen LogP contribution in [-0.2, 0) is 14.8 Å². The van der Waals surface area contributed by atoms with Crippen LogP contribution in [0.1, 0.15) is 0 Å². The second-order valence-electron chi connectivity index (χ2n) is 4.97. The summed E-state index contributed by atoms with van der Waals surface area (Å²) in [6, 6.07) is 13.7. The van der Waals surface area contributed by atoms with Gasteiger partial charge in [-0.25, -0.2) is 8.42 Å². The molecule has 0 aromatic heterocycles. The number of halogens is 1. The lowest BCUT2D eigenvalue weighted by atomic mass is 10.3. The average molecular weight is 413 g/mol. The van der Waals surface area contributed by atoms with Crippen LogP contribution in [-0.4, -0.2) is 34.2 Å². The van der Waals surface area contributed by atoms with Crippen LogP contribution in [0.15, 0.2) is 53.0 Å². The van der Waals surface area contributed by atoms with Crippen molar-refractivity contribution in [1.29, 1.82) is 0 Å². The van der Waals surface area contributed by atoms with Gasteiger partial charge in [0.25, 0.3) is 0 Å². The molecule has 0 heterocycles. The van der Waals surface area contributed by atoms with Gasteiger partial charge in [0.1, 0.15) is 12.3 Å². The van der Waals surface area contributed by atoms with E-state index in [0.717, 1.165) is 10.6 Å². The van der Waals surface area contributed by atoms with Crippen LogP contribution in [0.3, 0.4) is 0 Å². The van der Waals surface area contributed by atoms with Gasteiger partial charge in [-0.15, -0.1) is 0 Å². The molecule has 0 atom stereocenters. The lowest BCUT2D eigenvalue weighted by Crippen LogP contribution is -2.37.